The summed E-state index contributed by atoms with van der Waals surface area (Å²) in [6.45, 7) is 0. The van der Waals surface area contributed by atoms with Crippen molar-refractivity contribution in [2.45, 2.75) is 25.2 Å². The van der Waals surface area contributed by atoms with Gasteiger partial charge in [-0.1, -0.05) is 0 Å². The molecule has 14 heavy (non-hydrogen) atoms. The summed E-state index contributed by atoms with van der Waals surface area (Å²) in [6.07, 6.45) is -0.428. The average Bonchev–Trinajstić information content (AvgIpc) is 2.45. The van der Waals surface area contributed by atoms with Crippen molar-refractivity contribution in [1.82, 2.24) is 4.98 Å². The first-order valence-electron chi connectivity index (χ1n) is 4.08. The number of hydrogen-bond donors (Lipinski definition) is 1. The number of aromatic carboxylic acids is 1. The smallest absolute Gasteiger partial charge is 0.365 e. The first-order chi connectivity index (χ1) is 6.48. The van der Waals surface area contributed by atoms with Crippen LogP contribution in [0, 0.1) is 0 Å². The summed E-state index contributed by atoms with van der Waals surface area (Å²) in [4.78, 5) is 14.8. The molecule has 1 aromatic heterocycles. The van der Waals surface area contributed by atoms with Crippen LogP contribution in [0.2, 0.25) is 0 Å². The summed E-state index contributed by atoms with van der Waals surface area (Å²) < 4.78 is 25.8. The number of carboxylic acid groups (broad SMARTS) is 1. The lowest BCUT2D eigenvalue weighted by atomic mass is 9.99. The van der Waals surface area contributed by atoms with E-state index in [1.807, 2.05) is 0 Å². The molecule has 76 valence electrons. The quantitative estimate of drug-likeness (QED) is 0.785. The van der Waals surface area contributed by atoms with E-state index in [-0.39, 0.29) is 24.3 Å². The second-order valence-corrected chi connectivity index (χ2v) is 4.31. The topological polar surface area (TPSA) is 50.2 Å². The normalized spacial score (nSPS) is 19.0. The fraction of sp³-hybridized carbons (Fsp3) is 0.500. The minimum Gasteiger partial charge on any atom is -0.476 e. The van der Waals surface area contributed by atoms with Gasteiger partial charge in [0, 0.05) is 17.7 Å². The van der Waals surface area contributed by atoms with Gasteiger partial charge in [0.15, 0.2) is 0 Å². The molecule has 1 aliphatic rings. The zero-order valence-electron chi connectivity index (χ0n) is 7.09. The molecule has 1 heterocycles. The highest BCUT2D eigenvalue weighted by Crippen LogP contribution is 2.35. The van der Waals surface area contributed by atoms with Crippen LogP contribution in [0.3, 0.4) is 0 Å². The van der Waals surface area contributed by atoms with E-state index in [1.165, 1.54) is 0 Å². The number of halogens is 2. The molecule has 0 aliphatic heterocycles. The Balaban J connectivity index is 2.34. The van der Waals surface area contributed by atoms with Crippen molar-refractivity contribution in [2.24, 2.45) is 0 Å². The molecule has 0 bridgehead atoms. The minimum atomic E-state index is -2.70. The van der Waals surface area contributed by atoms with E-state index < -0.39 is 11.9 Å². The van der Waals surface area contributed by atoms with Gasteiger partial charge in [-0.3, -0.25) is 0 Å². The number of aromatic nitrogens is 1. The summed E-state index contributed by atoms with van der Waals surface area (Å²) in [5, 5.41) is 8.53. The maximum Gasteiger partial charge on any atom is 0.365 e. The van der Waals surface area contributed by atoms with Crippen molar-refractivity contribution in [2.75, 3.05) is 0 Å². The molecule has 0 saturated carbocycles. The van der Waals surface area contributed by atoms with Crippen LogP contribution in [0.4, 0.5) is 8.78 Å². The van der Waals surface area contributed by atoms with Crippen LogP contribution in [0.15, 0.2) is 0 Å². The number of rotatable bonds is 1. The molecule has 0 saturated heterocycles. The monoisotopic (exact) mass is 219 g/mol. The van der Waals surface area contributed by atoms with E-state index in [2.05, 4.69) is 4.98 Å². The third-order valence-corrected chi connectivity index (χ3v) is 3.19. The molecule has 1 aliphatic carbocycles. The van der Waals surface area contributed by atoms with E-state index in [9.17, 15) is 13.6 Å². The molecular weight excluding hydrogens is 212 g/mol. The molecule has 0 unspecified atom stereocenters. The Labute approximate surface area is 82.4 Å². The SMILES string of the molecule is O=C(O)c1nc2c(s1)CC(F)(F)CC2. The van der Waals surface area contributed by atoms with Crippen molar-refractivity contribution in [1.29, 1.82) is 0 Å². The summed E-state index contributed by atoms with van der Waals surface area (Å²) in [6, 6.07) is 0. The third kappa shape index (κ3) is 1.61. The Bertz CT molecular complexity index is 389. The Hall–Kier alpha value is -1.04. The first kappa shape index (κ1) is 9.51. The molecule has 1 aromatic rings. The number of alkyl halides is 2. The van der Waals surface area contributed by atoms with Crippen LogP contribution in [0.5, 0.6) is 0 Å². The van der Waals surface area contributed by atoms with Gasteiger partial charge in [0.25, 0.3) is 5.92 Å². The van der Waals surface area contributed by atoms with Crippen molar-refractivity contribution >= 4 is 17.3 Å². The van der Waals surface area contributed by atoms with E-state index in [1.54, 1.807) is 0 Å². The lowest BCUT2D eigenvalue weighted by Gasteiger charge is -2.19. The van der Waals surface area contributed by atoms with Crippen molar-refractivity contribution in [3.8, 4) is 0 Å². The van der Waals surface area contributed by atoms with Crippen LogP contribution in [0.1, 0.15) is 26.8 Å². The van der Waals surface area contributed by atoms with Crippen LogP contribution in [-0.4, -0.2) is 22.0 Å². The molecule has 3 nitrogen and oxygen atoms in total. The van der Waals surface area contributed by atoms with Crippen LogP contribution in [-0.2, 0) is 12.8 Å². The Morgan fingerprint density at radius 2 is 2.29 bits per heavy atom. The second-order valence-electron chi connectivity index (χ2n) is 3.23. The fourth-order valence-corrected chi connectivity index (χ4v) is 2.46. The summed E-state index contributed by atoms with van der Waals surface area (Å²) >= 11 is 0.855. The van der Waals surface area contributed by atoms with Crippen molar-refractivity contribution < 1.29 is 18.7 Å². The van der Waals surface area contributed by atoms with Gasteiger partial charge in [-0.15, -0.1) is 11.3 Å². The van der Waals surface area contributed by atoms with Crippen LogP contribution < -0.4 is 0 Å². The molecule has 0 radical (unpaired) electrons. The Kier molecular flexibility index (Phi) is 2.02. The number of carboxylic acids is 1. The van der Waals surface area contributed by atoms with E-state index >= 15 is 0 Å². The summed E-state index contributed by atoms with van der Waals surface area (Å²) in [5.41, 5.74) is 0.526. The van der Waals surface area contributed by atoms with Gasteiger partial charge in [-0.05, 0) is 6.42 Å². The molecule has 0 amide bonds. The Morgan fingerprint density at radius 1 is 1.57 bits per heavy atom. The number of nitrogens with zero attached hydrogens (tertiary/aromatic N) is 1. The maximum atomic E-state index is 12.9. The zero-order valence-corrected chi connectivity index (χ0v) is 7.90. The number of fused-ring (bicyclic) bond motifs is 1. The van der Waals surface area contributed by atoms with Crippen LogP contribution >= 0.6 is 11.3 Å². The predicted molar refractivity (Wildman–Crippen MR) is 46.0 cm³/mol. The van der Waals surface area contributed by atoms with Gasteiger partial charge in [0.1, 0.15) is 0 Å². The van der Waals surface area contributed by atoms with Gasteiger partial charge < -0.3 is 5.11 Å². The fourth-order valence-electron chi connectivity index (χ4n) is 1.43. The minimum absolute atomic E-state index is 0.0901. The van der Waals surface area contributed by atoms with Gasteiger partial charge >= 0.3 is 5.97 Å². The zero-order chi connectivity index (χ0) is 10.3. The lowest BCUT2D eigenvalue weighted by Crippen LogP contribution is -2.24. The predicted octanol–water partition coefficient (Wildman–Crippen LogP) is 1.97. The summed E-state index contributed by atoms with van der Waals surface area (Å²) in [7, 11) is 0. The molecular formula is C8H7F2NO2S. The molecule has 0 fully saturated rings. The van der Waals surface area contributed by atoms with E-state index in [4.69, 9.17) is 5.11 Å². The van der Waals surface area contributed by atoms with Gasteiger partial charge in [0.2, 0.25) is 5.01 Å². The molecule has 0 aromatic carbocycles. The van der Waals surface area contributed by atoms with E-state index in [0.29, 0.717) is 10.6 Å². The average molecular weight is 219 g/mol. The lowest BCUT2D eigenvalue weighted by molar-refractivity contribution is -0.0116. The molecule has 0 atom stereocenters. The molecule has 0 spiro atoms. The highest BCUT2D eigenvalue weighted by atomic mass is 32.1. The Morgan fingerprint density at radius 3 is 2.93 bits per heavy atom. The number of carbonyl (C=O) groups is 1. The van der Waals surface area contributed by atoms with Crippen LogP contribution in [0.25, 0.3) is 0 Å². The maximum absolute atomic E-state index is 12.9. The van der Waals surface area contributed by atoms with Crippen molar-refractivity contribution in [3.05, 3.63) is 15.6 Å². The highest BCUT2D eigenvalue weighted by Gasteiger charge is 2.36. The first-order valence-corrected chi connectivity index (χ1v) is 4.89. The molecule has 6 heteroatoms. The standard InChI is InChI=1S/C8H7F2NO2S/c9-8(10)2-1-4-5(3-8)14-6(11-4)7(12)13/h1-3H2,(H,12,13). The molecule has 1 N–H and O–H groups in total. The second kappa shape index (κ2) is 2.98. The third-order valence-electron chi connectivity index (χ3n) is 2.11. The van der Waals surface area contributed by atoms with Gasteiger partial charge in [0.05, 0.1) is 5.69 Å². The van der Waals surface area contributed by atoms with Gasteiger partial charge in [-0.25, -0.2) is 18.6 Å². The number of hydrogen-bond acceptors (Lipinski definition) is 3. The van der Waals surface area contributed by atoms with Gasteiger partial charge in [-0.2, -0.15) is 0 Å². The largest absolute Gasteiger partial charge is 0.476 e. The van der Waals surface area contributed by atoms with E-state index in [0.717, 1.165) is 11.3 Å². The number of thiazole rings is 1. The number of aryl methyl sites for hydroxylation is 1. The highest BCUT2D eigenvalue weighted by molar-refractivity contribution is 7.13. The van der Waals surface area contributed by atoms with Crippen molar-refractivity contribution in [3.63, 3.8) is 0 Å². The molecule has 2 rings (SSSR count). The summed E-state index contributed by atoms with van der Waals surface area (Å²) in [5.74, 6) is -3.84.